The molecule has 1 rings (SSSR count). The number of halogens is 1. The Morgan fingerprint density at radius 2 is 2.11 bits per heavy atom. The first-order valence-corrected chi connectivity index (χ1v) is 7.47. The van der Waals surface area contributed by atoms with Crippen LogP contribution in [0.3, 0.4) is 0 Å². The van der Waals surface area contributed by atoms with Crippen LogP contribution >= 0.6 is 15.9 Å². The van der Waals surface area contributed by atoms with E-state index in [0.717, 1.165) is 29.4 Å². The SMILES string of the molecule is CCCNC(CC)C(C)c1ccc(Br)cc1[N+](=O)[O-]. The third-order valence-corrected chi connectivity index (χ3v) is 3.87. The number of nitrogens with one attached hydrogen (secondary N) is 1. The van der Waals surface area contributed by atoms with E-state index in [4.69, 9.17) is 0 Å². The van der Waals surface area contributed by atoms with Crippen LogP contribution in [-0.4, -0.2) is 17.5 Å². The Labute approximate surface area is 122 Å². The number of benzene rings is 1. The highest BCUT2D eigenvalue weighted by Crippen LogP contribution is 2.32. The molecule has 0 amide bonds. The maximum absolute atomic E-state index is 11.2. The predicted octanol–water partition coefficient (Wildman–Crippen LogP) is 4.24. The van der Waals surface area contributed by atoms with Gasteiger partial charge in [0, 0.05) is 28.1 Å². The van der Waals surface area contributed by atoms with Crippen molar-refractivity contribution in [3.05, 3.63) is 38.3 Å². The van der Waals surface area contributed by atoms with Gasteiger partial charge in [-0.2, -0.15) is 0 Å². The molecule has 106 valence electrons. The maximum Gasteiger partial charge on any atom is 0.274 e. The summed E-state index contributed by atoms with van der Waals surface area (Å²) < 4.78 is 0.740. The van der Waals surface area contributed by atoms with E-state index in [1.54, 1.807) is 6.07 Å². The highest BCUT2D eigenvalue weighted by atomic mass is 79.9. The van der Waals surface area contributed by atoms with Crippen LogP contribution < -0.4 is 5.32 Å². The predicted molar refractivity (Wildman–Crippen MR) is 81.6 cm³/mol. The van der Waals surface area contributed by atoms with E-state index >= 15 is 0 Å². The molecule has 0 heterocycles. The van der Waals surface area contributed by atoms with Crippen LogP contribution in [-0.2, 0) is 0 Å². The molecule has 19 heavy (non-hydrogen) atoms. The van der Waals surface area contributed by atoms with Gasteiger partial charge in [0.15, 0.2) is 0 Å². The summed E-state index contributed by atoms with van der Waals surface area (Å²) >= 11 is 3.29. The van der Waals surface area contributed by atoms with Gasteiger partial charge in [0.25, 0.3) is 5.69 Å². The zero-order chi connectivity index (χ0) is 14.4. The third kappa shape index (κ3) is 4.28. The Morgan fingerprint density at radius 1 is 1.42 bits per heavy atom. The van der Waals surface area contributed by atoms with Gasteiger partial charge in [-0.05, 0) is 25.5 Å². The molecule has 1 aromatic rings. The molecule has 0 fully saturated rings. The molecule has 0 aliphatic heterocycles. The van der Waals surface area contributed by atoms with Crippen molar-refractivity contribution < 1.29 is 4.92 Å². The fourth-order valence-electron chi connectivity index (χ4n) is 2.28. The van der Waals surface area contributed by atoms with Gasteiger partial charge in [-0.3, -0.25) is 10.1 Å². The number of hydrogen-bond donors (Lipinski definition) is 1. The van der Waals surface area contributed by atoms with Crippen LogP contribution in [0.15, 0.2) is 22.7 Å². The van der Waals surface area contributed by atoms with Gasteiger partial charge in [0.1, 0.15) is 0 Å². The second-order valence-corrected chi connectivity index (χ2v) is 5.63. The molecule has 1 N–H and O–H groups in total. The first kappa shape index (κ1) is 16.1. The molecule has 5 heteroatoms. The summed E-state index contributed by atoms with van der Waals surface area (Å²) in [6.45, 7) is 7.21. The van der Waals surface area contributed by atoms with Crippen molar-refractivity contribution in [1.29, 1.82) is 0 Å². The van der Waals surface area contributed by atoms with Gasteiger partial charge in [-0.25, -0.2) is 0 Å². The lowest BCUT2D eigenvalue weighted by Gasteiger charge is -2.24. The van der Waals surface area contributed by atoms with E-state index in [2.05, 4.69) is 35.1 Å². The fraction of sp³-hybridized carbons (Fsp3) is 0.571. The molecular formula is C14H21BrN2O2. The van der Waals surface area contributed by atoms with Crippen LogP contribution in [0.25, 0.3) is 0 Å². The number of rotatable bonds is 7. The van der Waals surface area contributed by atoms with E-state index in [1.807, 2.05) is 19.1 Å². The number of nitrogens with zero attached hydrogens (tertiary/aromatic N) is 1. The molecule has 4 nitrogen and oxygen atoms in total. The second-order valence-electron chi connectivity index (χ2n) is 4.72. The molecule has 0 saturated heterocycles. The quantitative estimate of drug-likeness (QED) is 0.601. The Hall–Kier alpha value is -0.940. The van der Waals surface area contributed by atoms with Crippen LogP contribution in [0, 0.1) is 10.1 Å². The van der Waals surface area contributed by atoms with Gasteiger partial charge in [-0.15, -0.1) is 0 Å². The molecule has 1 aromatic carbocycles. The first-order chi connectivity index (χ1) is 9.01. The average molecular weight is 329 g/mol. The summed E-state index contributed by atoms with van der Waals surface area (Å²) in [5.41, 5.74) is 0.988. The maximum atomic E-state index is 11.2. The fourth-order valence-corrected chi connectivity index (χ4v) is 2.63. The third-order valence-electron chi connectivity index (χ3n) is 3.38. The van der Waals surface area contributed by atoms with E-state index < -0.39 is 0 Å². The monoisotopic (exact) mass is 328 g/mol. The molecule has 0 bridgehead atoms. The summed E-state index contributed by atoms with van der Waals surface area (Å²) in [4.78, 5) is 10.9. The Balaban J connectivity index is 3.03. The molecule has 2 atom stereocenters. The van der Waals surface area contributed by atoms with Crippen molar-refractivity contribution in [2.75, 3.05) is 6.54 Å². The summed E-state index contributed by atoms with van der Waals surface area (Å²) in [6.07, 6.45) is 2.01. The molecular weight excluding hydrogens is 308 g/mol. The molecule has 0 aliphatic rings. The molecule has 0 spiro atoms. The lowest BCUT2D eigenvalue weighted by atomic mass is 9.90. The lowest BCUT2D eigenvalue weighted by molar-refractivity contribution is -0.385. The molecule has 0 aliphatic carbocycles. The van der Waals surface area contributed by atoms with E-state index in [0.29, 0.717) is 0 Å². The molecule has 0 aromatic heterocycles. The average Bonchev–Trinajstić information content (AvgIpc) is 2.39. The minimum absolute atomic E-state index is 0.116. The zero-order valence-electron chi connectivity index (χ0n) is 11.6. The van der Waals surface area contributed by atoms with Crippen molar-refractivity contribution in [2.24, 2.45) is 0 Å². The minimum Gasteiger partial charge on any atom is -0.313 e. The second kappa shape index (κ2) is 7.60. The van der Waals surface area contributed by atoms with Crippen LogP contribution in [0.4, 0.5) is 5.69 Å². The van der Waals surface area contributed by atoms with Crippen molar-refractivity contribution in [3.8, 4) is 0 Å². The summed E-state index contributed by atoms with van der Waals surface area (Å²) in [6, 6.07) is 5.56. The van der Waals surface area contributed by atoms with Gasteiger partial charge in [-0.1, -0.05) is 42.8 Å². The number of nitro benzene ring substituents is 1. The van der Waals surface area contributed by atoms with Crippen molar-refractivity contribution >= 4 is 21.6 Å². The normalized spacial score (nSPS) is 14.1. The van der Waals surface area contributed by atoms with Crippen LogP contribution in [0.5, 0.6) is 0 Å². The highest BCUT2D eigenvalue weighted by molar-refractivity contribution is 9.10. The lowest BCUT2D eigenvalue weighted by Crippen LogP contribution is -2.34. The Morgan fingerprint density at radius 3 is 2.63 bits per heavy atom. The van der Waals surface area contributed by atoms with Crippen LogP contribution in [0.1, 0.15) is 45.1 Å². The van der Waals surface area contributed by atoms with Crippen LogP contribution in [0.2, 0.25) is 0 Å². The summed E-state index contributed by atoms with van der Waals surface area (Å²) in [5.74, 6) is 0.116. The van der Waals surface area contributed by atoms with Gasteiger partial charge >= 0.3 is 0 Å². The van der Waals surface area contributed by atoms with Crippen molar-refractivity contribution in [3.63, 3.8) is 0 Å². The zero-order valence-corrected chi connectivity index (χ0v) is 13.2. The molecule has 0 saturated carbocycles. The Bertz CT molecular complexity index is 437. The number of hydrogen-bond acceptors (Lipinski definition) is 3. The summed E-state index contributed by atoms with van der Waals surface area (Å²) in [5, 5.41) is 14.6. The summed E-state index contributed by atoms with van der Waals surface area (Å²) in [7, 11) is 0. The molecule has 2 unspecified atom stereocenters. The van der Waals surface area contributed by atoms with E-state index in [1.165, 1.54) is 0 Å². The highest BCUT2D eigenvalue weighted by Gasteiger charge is 2.24. The van der Waals surface area contributed by atoms with Gasteiger partial charge in [0.2, 0.25) is 0 Å². The van der Waals surface area contributed by atoms with Gasteiger partial charge < -0.3 is 5.32 Å². The largest absolute Gasteiger partial charge is 0.313 e. The standard InChI is InChI=1S/C14H21BrN2O2/c1-4-8-16-13(5-2)10(3)12-7-6-11(15)9-14(12)17(18)19/h6-7,9-10,13,16H,4-5,8H2,1-3H3. The minimum atomic E-state index is -0.302. The first-order valence-electron chi connectivity index (χ1n) is 6.68. The number of nitro groups is 1. The topological polar surface area (TPSA) is 55.2 Å². The smallest absolute Gasteiger partial charge is 0.274 e. The van der Waals surface area contributed by atoms with E-state index in [9.17, 15) is 10.1 Å². The Kier molecular flexibility index (Phi) is 6.45. The van der Waals surface area contributed by atoms with Gasteiger partial charge in [0.05, 0.1) is 4.92 Å². The van der Waals surface area contributed by atoms with Crippen molar-refractivity contribution in [2.45, 2.75) is 45.6 Å². The molecule has 0 radical (unpaired) electrons. The van der Waals surface area contributed by atoms with E-state index in [-0.39, 0.29) is 22.6 Å². The van der Waals surface area contributed by atoms with Crippen molar-refractivity contribution in [1.82, 2.24) is 5.32 Å².